The molecule has 0 aliphatic heterocycles. The smallest absolute Gasteiger partial charge is 0.266 e. The second kappa shape index (κ2) is 9.09. The normalized spacial score (nSPS) is 11.3. The third-order valence-corrected chi connectivity index (χ3v) is 7.13. The highest BCUT2D eigenvalue weighted by atomic mass is 35.5. The highest BCUT2D eigenvalue weighted by Crippen LogP contribution is 2.30. The number of oxazole rings is 1. The van der Waals surface area contributed by atoms with Crippen LogP contribution in [0.25, 0.3) is 11.1 Å². The van der Waals surface area contributed by atoms with E-state index in [9.17, 15) is 13.2 Å². The van der Waals surface area contributed by atoms with E-state index in [0.29, 0.717) is 28.4 Å². The van der Waals surface area contributed by atoms with Crippen molar-refractivity contribution in [3.8, 4) is 0 Å². The van der Waals surface area contributed by atoms with Gasteiger partial charge >= 0.3 is 0 Å². The lowest BCUT2D eigenvalue weighted by atomic mass is 10.2. The maximum Gasteiger partial charge on any atom is 0.266 e. The molecule has 4 rings (SSSR count). The predicted octanol–water partition coefficient (Wildman–Crippen LogP) is 5.42. The zero-order valence-corrected chi connectivity index (χ0v) is 19.2. The number of halogens is 1. The van der Waals surface area contributed by atoms with Gasteiger partial charge in [0, 0.05) is 18.2 Å². The summed E-state index contributed by atoms with van der Waals surface area (Å²) >= 11 is 6.26. The zero-order chi connectivity index (χ0) is 23.6. The van der Waals surface area contributed by atoms with Crippen LogP contribution in [0.5, 0.6) is 0 Å². The van der Waals surface area contributed by atoms with Gasteiger partial charge in [0.2, 0.25) is 0 Å². The molecule has 1 amide bonds. The van der Waals surface area contributed by atoms with Crippen LogP contribution in [0.3, 0.4) is 0 Å². The second-order valence-corrected chi connectivity index (χ2v) is 9.41. The maximum atomic E-state index is 13.5. The quantitative estimate of drug-likeness (QED) is 0.355. The van der Waals surface area contributed by atoms with Crippen LogP contribution in [0.1, 0.15) is 16.2 Å². The summed E-state index contributed by atoms with van der Waals surface area (Å²) in [7, 11) is -4.07. The van der Waals surface area contributed by atoms with Crippen LogP contribution in [0.4, 0.5) is 11.4 Å². The minimum atomic E-state index is -4.07. The molecule has 168 valence electrons. The molecule has 0 bridgehead atoms. The first-order valence-electron chi connectivity index (χ1n) is 9.96. The highest BCUT2D eigenvalue weighted by Gasteiger charge is 2.27. The summed E-state index contributed by atoms with van der Waals surface area (Å²) in [6.45, 7) is 5.43. The molecule has 0 unspecified atom stereocenters. The lowest BCUT2D eigenvalue weighted by Crippen LogP contribution is -2.31. The molecule has 0 saturated heterocycles. The highest BCUT2D eigenvalue weighted by molar-refractivity contribution is 7.93. The van der Waals surface area contributed by atoms with Crippen molar-refractivity contribution < 1.29 is 17.6 Å². The Bertz CT molecular complexity index is 1450. The Labute approximate surface area is 196 Å². The molecule has 0 spiro atoms. The molecule has 1 N–H and O–H groups in total. The second-order valence-electron chi connectivity index (χ2n) is 7.18. The van der Waals surface area contributed by atoms with Crippen molar-refractivity contribution in [3.05, 3.63) is 95.9 Å². The molecular weight excluding hydrogens is 462 g/mol. The van der Waals surface area contributed by atoms with Gasteiger partial charge in [0.05, 0.1) is 17.3 Å². The third-order valence-electron chi connectivity index (χ3n) is 4.85. The summed E-state index contributed by atoms with van der Waals surface area (Å²) in [6, 6.07) is 17.8. The number of fused-ring (bicyclic) bond motifs is 1. The van der Waals surface area contributed by atoms with Crippen molar-refractivity contribution in [1.29, 1.82) is 0 Å². The van der Waals surface area contributed by atoms with Crippen LogP contribution in [0.2, 0.25) is 5.02 Å². The van der Waals surface area contributed by atoms with E-state index in [2.05, 4.69) is 16.9 Å². The summed E-state index contributed by atoms with van der Waals surface area (Å²) in [5.74, 6) is 0.0289. The Hall–Kier alpha value is -3.62. The number of hydrogen-bond donors (Lipinski definition) is 1. The van der Waals surface area contributed by atoms with E-state index in [1.807, 2.05) is 0 Å². The van der Waals surface area contributed by atoms with Gasteiger partial charge in [-0.1, -0.05) is 35.9 Å². The van der Waals surface area contributed by atoms with Crippen molar-refractivity contribution in [2.45, 2.75) is 11.8 Å². The minimum absolute atomic E-state index is 0.0102. The zero-order valence-electron chi connectivity index (χ0n) is 17.7. The monoisotopic (exact) mass is 481 g/mol. The fraction of sp³-hybridized carbons (Fsp3) is 0.0833. The number of para-hydroxylation sites is 1. The van der Waals surface area contributed by atoms with E-state index in [1.165, 1.54) is 28.6 Å². The van der Waals surface area contributed by atoms with Gasteiger partial charge in [0.25, 0.3) is 15.9 Å². The number of carbonyl (C=O) groups is 1. The van der Waals surface area contributed by atoms with Crippen LogP contribution in [0, 0.1) is 6.92 Å². The molecule has 0 fully saturated rings. The van der Waals surface area contributed by atoms with Crippen LogP contribution >= 0.6 is 11.6 Å². The molecule has 7 nitrogen and oxygen atoms in total. The molecule has 0 radical (unpaired) electrons. The van der Waals surface area contributed by atoms with Gasteiger partial charge in [-0.3, -0.25) is 9.10 Å². The summed E-state index contributed by atoms with van der Waals surface area (Å²) in [5.41, 5.74) is 2.31. The van der Waals surface area contributed by atoms with Crippen molar-refractivity contribution in [1.82, 2.24) is 4.98 Å². The summed E-state index contributed by atoms with van der Waals surface area (Å²) in [4.78, 5) is 17.0. The van der Waals surface area contributed by atoms with Crippen molar-refractivity contribution >= 4 is 50.0 Å². The van der Waals surface area contributed by atoms with Crippen molar-refractivity contribution in [2.75, 3.05) is 16.2 Å². The van der Waals surface area contributed by atoms with E-state index < -0.39 is 15.9 Å². The Kier molecular flexibility index (Phi) is 6.22. The summed E-state index contributed by atoms with van der Waals surface area (Å²) in [6.07, 6.45) is 1.48. The van der Waals surface area contributed by atoms with E-state index in [1.54, 1.807) is 55.5 Å². The fourth-order valence-corrected chi connectivity index (χ4v) is 5.28. The molecule has 0 saturated carbocycles. The molecule has 4 aromatic rings. The fourth-order valence-electron chi connectivity index (χ4n) is 3.34. The Morgan fingerprint density at radius 3 is 2.64 bits per heavy atom. The number of sulfonamides is 1. The van der Waals surface area contributed by atoms with Crippen LogP contribution in [-0.4, -0.2) is 25.9 Å². The molecule has 3 aromatic carbocycles. The van der Waals surface area contributed by atoms with E-state index >= 15 is 0 Å². The largest absolute Gasteiger partial charge is 0.441 e. The van der Waals surface area contributed by atoms with Crippen molar-refractivity contribution in [3.63, 3.8) is 0 Å². The number of benzene rings is 3. The molecule has 0 atom stereocenters. The molecule has 1 aromatic heterocycles. The first kappa shape index (κ1) is 22.6. The van der Waals surface area contributed by atoms with Gasteiger partial charge < -0.3 is 9.73 Å². The Balaban J connectivity index is 1.67. The van der Waals surface area contributed by atoms with Crippen LogP contribution in [0.15, 0.2) is 88.7 Å². The minimum Gasteiger partial charge on any atom is -0.441 e. The van der Waals surface area contributed by atoms with Crippen LogP contribution < -0.4 is 9.62 Å². The summed E-state index contributed by atoms with van der Waals surface area (Å²) in [5, 5.41) is 2.77. The number of nitrogens with zero attached hydrogens (tertiary/aromatic N) is 2. The Morgan fingerprint density at radius 2 is 1.91 bits per heavy atom. The summed E-state index contributed by atoms with van der Waals surface area (Å²) < 4.78 is 33.6. The number of anilines is 2. The topological polar surface area (TPSA) is 92.5 Å². The molecule has 0 aliphatic rings. The van der Waals surface area contributed by atoms with E-state index in [4.69, 9.17) is 16.0 Å². The first-order valence-corrected chi connectivity index (χ1v) is 11.8. The first-order chi connectivity index (χ1) is 15.8. The standard InChI is InChI=1S/C24H20ClN3O4S/c1-3-13-28(19-7-5-4-6-8-19)33(30,31)23-14-17(9-11-20(23)25)24(29)27-18-10-12-22-21(15-18)26-16(2)32-22/h3-12,14-15H,1,13H2,2H3,(H,27,29). The number of carbonyl (C=O) groups excluding carboxylic acids is 1. The SMILES string of the molecule is C=CCN(c1ccccc1)S(=O)(=O)c1cc(C(=O)Nc2ccc3oc(C)nc3c2)ccc1Cl. The number of nitrogens with one attached hydrogen (secondary N) is 1. The molecule has 33 heavy (non-hydrogen) atoms. The van der Waals surface area contributed by atoms with Crippen LogP contribution in [-0.2, 0) is 10.0 Å². The van der Waals surface area contributed by atoms with Gasteiger partial charge in [0.15, 0.2) is 11.5 Å². The average Bonchev–Trinajstić information content (AvgIpc) is 3.17. The molecular formula is C24H20ClN3O4S. The number of aromatic nitrogens is 1. The molecule has 0 aliphatic carbocycles. The number of rotatable bonds is 7. The van der Waals surface area contributed by atoms with Gasteiger partial charge in [0.1, 0.15) is 10.4 Å². The van der Waals surface area contributed by atoms with Gasteiger partial charge in [-0.15, -0.1) is 6.58 Å². The molecule has 9 heteroatoms. The number of hydrogen-bond acceptors (Lipinski definition) is 5. The Morgan fingerprint density at radius 1 is 1.15 bits per heavy atom. The maximum absolute atomic E-state index is 13.5. The van der Waals surface area contributed by atoms with E-state index in [0.717, 1.165) is 0 Å². The van der Waals surface area contributed by atoms with Gasteiger partial charge in [-0.25, -0.2) is 13.4 Å². The number of amides is 1. The lowest BCUT2D eigenvalue weighted by Gasteiger charge is -2.24. The van der Waals surface area contributed by atoms with E-state index in [-0.39, 0.29) is 22.0 Å². The predicted molar refractivity (Wildman–Crippen MR) is 129 cm³/mol. The van der Waals surface area contributed by atoms with Crippen molar-refractivity contribution in [2.24, 2.45) is 0 Å². The lowest BCUT2D eigenvalue weighted by molar-refractivity contribution is 0.102. The van der Waals surface area contributed by atoms with Gasteiger partial charge in [-0.2, -0.15) is 0 Å². The van der Waals surface area contributed by atoms with Gasteiger partial charge in [-0.05, 0) is 48.5 Å². The third kappa shape index (κ3) is 4.62. The average molecular weight is 482 g/mol. The molecule has 1 heterocycles. The number of aryl methyl sites for hydroxylation is 1.